The summed E-state index contributed by atoms with van der Waals surface area (Å²) in [5.74, 6) is 0.184. The standard InChI is InChI=1S/C20H22FN3O/c21-18-3-1-2-4-19(18)24-13-11-23(12-14-24)17-9-7-16(8-10-17)22-20(25)15-5-6-15/h1-4,7-10,15H,5-6,11-14H2,(H,22,25). The maximum absolute atomic E-state index is 13.9. The number of nitrogens with one attached hydrogen (secondary N) is 1. The first kappa shape index (κ1) is 15.9. The highest BCUT2D eigenvalue weighted by atomic mass is 19.1. The van der Waals surface area contributed by atoms with Gasteiger partial charge >= 0.3 is 0 Å². The molecule has 1 amide bonds. The minimum Gasteiger partial charge on any atom is -0.368 e. The normalized spacial score (nSPS) is 17.5. The molecule has 1 aliphatic heterocycles. The Morgan fingerprint density at radius 2 is 1.56 bits per heavy atom. The smallest absolute Gasteiger partial charge is 0.227 e. The maximum atomic E-state index is 13.9. The lowest BCUT2D eigenvalue weighted by atomic mass is 10.2. The highest BCUT2D eigenvalue weighted by Gasteiger charge is 2.29. The maximum Gasteiger partial charge on any atom is 0.227 e. The van der Waals surface area contributed by atoms with Gasteiger partial charge in [0.1, 0.15) is 5.82 Å². The summed E-state index contributed by atoms with van der Waals surface area (Å²) in [5, 5.41) is 2.96. The lowest BCUT2D eigenvalue weighted by Crippen LogP contribution is -2.46. The van der Waals surface area contributed by atoms with Gasteiger partial charge in [0, 0.05) is 43.5 Å². The molecule has 1 aliphatic carbocycles. The number of benzene rings is 2. The van der Waals surface area contributed by atoms with Crippen molar-refractivity contribution in [2.24, 2.45) is 5.92 Å². The number of para-hydroxylation sites is 1. The summed E-state index contributed by atoms with van der Waals surface area (Å²) in [6.07, 6.45) is 2.02. The molecule has 0 atom stereocenters. The summed E-state index contributed by atoms with van der Waals surface area (Å²) in [6, 6.07) is 14.9. The van der Waals surface area contributed by atoms with Crippen LogP contribution in [0, 0.1) is 11.7 Å². The van der Waals surface area contributed by atoms with E-state index in [1.165, 1.54) is 6.07 Å². The Kier molecular flexibility index (Phi) is 4.30. The van der Waals surface area contributed by atoms with Crippen LogP contribution in [0.1, 0.15) is 12.8 Å². The first-order valence-corrected chi connectivity index (χ1v) is 8.86. The molecule has 4 rings (SSSR count). The first-order valence-electron chi connectivity index (χ1n) is 8.86. The van der Waals surface area contributed by atoms with Crippen molar-refractivity contribution in [3.05, 3.63) is 54.3 Å². The van der Waals surface area contributed by atoms with Crippen LogP contribution in [0.25, 0.3) is 0 Å². The molecule has 0 spiro atoms. The van der Waals surface area contributed by atoms with Crippen molar-refractivity contribution in [3.8, 4) is 0 Å². The molecule has 2 fully saturated rings. The molecule has 2 aliphatic rings. The molecule has 5 heteroatoms. The lowest BCUT2D eigenvalue weighted by Gasteiger charge is -2.37. The van der Waals surface area contributed by atoms with Gasteiger partial charge < -0.3 is 15.1 Å². The third kappa shape index (κ3) is 3.60. The zero-order valence-corrected chi connectivity index (χ0v) is 14.1. The van der Waals surface area contributed by atoms with Gasteiger partial charge in [-0.25, -0.2) is 4.39 Å². The van der Waals surface area contributed by atoms with Gasteiger partial charge in [-0.1, -0.05) is 12.1 Å². The molecule has 1 heterocycles. The number of hydrogen-bond acceptors (Lipinski definition) is 3. The molecule has 25 heavy (non-hydrogen) atoms. The topological polar surface area (TPSA) is 35.6 Å². The van der Waals surface area contributed by atoms with Crippen LogP contribution in [0.2, 0.25) is 0 Å². The summed E-state index contributed by atoms with van der Waals surface area (Å²) in [7, 11) is 0. The molecule has 0 aromatic heterocycles. The van der Waals surface area contributed by atoms with Crippen molar-refractivity contribution in [1.29, 1.82) is 0 Å². The Hall–Kier alpha value is -2.56. The van der Waals surface area contributed by atoms with Crippen molar-refractivity contribution in [2.45, 2.75) is 12.8 Å². The average molecular weight is 339 g/mol. The van der Waals surface area contributed by atoms with E-state index in [9.17, 15) is 9.18 Å². The van der Waals surface area contributed by atoms with E-state index in [2.05, 4.69) is 15.1 Å². The Labute approximate surface area is 147 Å². The van der Waals surface area contributed by atoms with Gasteiger partial charge in [0.25, 0.3) is 0 Å². The number of anilines is 3. The summed E-state index contributed by atoms with van der Waals surface area (Å²) in [4.78, 5) is 16.2. The third-order valence-corrected chi connectivity index (χ3v) is 4.92. The average Bonchev–Trinajstić information content (AvgIpc) is 3.48. The Bertz CT molecular complexity index is 750. The Morgan fingerprint density at radius 1 is 0.920 bits per heavy atom. The predicted molar refractivity (Wildman–Crippen MR) is 98.6 cm³/mol. The summed E-state index contributed by atoms with van der Waals surface area (Å²) < 4.78 is 13.9. The fourth-order valence-electron chi connectivity index (χ4n) is 3.26. The molecule has 1 N–H and O–H groups in total. The number of hydrogen-bond donors (Lipinski definition) is 1. The van der Waals surface area contributed by atoms with E-state index in [1.807, 2.05) is 36.4 Å². The van der Waals surface area contributed by atoms with E-state index in [0.29, 0.717) is 5.69 Å². The van der Waals surface area contributed by atoms with Crippen molar-refractivity contribution < 1.29 is 9.18 Å². The number of carbonyl (C=O) groups excluding carboxylic acids is 1. The highest BCUT2D eigenvalue weighted by molar-refractivity contribution is 5.94. The van der Waals surface area contributed by atoms with Gasteiger partial charge in [0.2, 0.25) is 5.91 Å². The van der Waals surface area contributed by atoms with Crippen LogP contribution < -0.4 is 15.1 Å². The molecule has 1 saturated carbocycles. The zero-order valence-electron chi connectivity index (χ0n) is 14.1. The van der Waals surface area contributed by atoms with Gasteiger partial charge in [-0.05, 0) is 49.2 Å². The monoisotopic (exact) mass is 339 g/mol. The van der Waals surface area contributed by atoms with Gasteiger partial charge in [-0.3, -0.25) is 4.79 Å². The van der Waals surface area contributed by atoms with Gasteiger partial charge in [-0.2, -0.15) is 0 Å². The van der Waals surface area contributed by atoms with Crippen LogP contribution in [0.3, 0.4) is 0 Å². The van der Waals surface area contributed by atoms with Crippen LogP contribution in [-0.2, 0) is 4.79 Å². The fraction of sp³-hybridized carbons (Fsp3) is 0.350. The molecule has 0 bridgehead atoms. The SMILES string of the molecule is O=C(Nc1ccc(N2CCN(c3ccccc3F)CC2)cc1)C1CC1. The zero-order chi connectivity index (χ0) is 17.2. The number of carbonyl (C=O) groups is 1. The molecule has 2 aromatic carbocycles. The minimum absolute atomic E-state index is 0.131. The quantitative estimate of drug-likeness (QED) is 0.926. The fourth-order valence-corrected chi connectivity index (χ4v) is 3.26. The molecule has 0 unspecified atom stereocenters. The van der Waals surface area contributed by atoms with E-state index in [1.54, 1.807) is 6.07 Å². The van der Waals surface area contributed by atoms with Crippen LogP contribution in [0.4, 0.5) is 21.5 Å². The summed E-state index contributed by atoms with van der Waals surface area (Å²) in [6.45, 7) is 3.28. The number of rotatable bonds is 4. The van der Waals surface area contributed by atoms with E-state index in [-0.39, 0.29) is 17.6 Å². The van der Waals surface area contributed by atoms with Gasteiger partial charge in [0.15, 0.2) is 0 Å². The van der Waals surface area contributed by atoms with E-state index < -0.39 is 0 Å². The lowest BCUT2D eigenvalue weighted by molar-refractivity contribution is -0.117. The van der Waals surface area contributed by atoms with Crippen LogP contribution in [0.5, 0.6) is 0 Å². The summed E-state index contributed by atoms with van der Waals surface area (Å²) in [5.41, 5.74) is 2.67. The second kappa shape index (κ2) is 6.75. The Balaban J connectivity index is 1.36. The highest BCUT2D eigenvalue weighted by Crippen LogP contribution is 2.30. The van der Waals surface area contributed by atoms with E-state index in [4.69, 9.17) is 0 Å². The number of halogens is 1. The van der Waals surface area contributed by atoms with Crippen molar-refractivity contribution in [3.63, 3.8) is 0 Å². The van der Waals surface area contributed by atoms with E-state index in [0.717, 1.165) is 50.4 Å². The molecule has 4 nitrogen and oxygen atoms in total. The molecule has 130 valence electrons. The largest absolute Gasteiger partial charge is 0.368 e. The second-order valence-electron chi connectivity index (χ2n) is 6.74. The first-order chi connectivity index (χ1) is 12.2. The minimum atomic E-state index is -0.160. The third-order valence-electron chi connectivity index (χ3n) is 4.92. The van der Waals surface area contributed by atoms with E-state index >= 15 is 0 Å². The van der Waals surface area contributed by atoms with Crippen LogP contribution >= 0.6 is 0 Å². The van der Waals surface area contributed by atoms with Gasteiger partial charge in [-0.15, -0.1) is 0 Å². The predicted octanol–water partition coefficient (Wildman–Crippen LogP) is 3.50. The molecule has 0 radical (unpaired) electrons. The molecule has 2 aromatic rings. The summed E-state index contributed by atoms with van der Waals surface area (Å²) >= 11 is 0. The number of piperazine rings is 1. The molecular weight excluding hydrogens is 317 g/mol. The van der Waals surface area contributed by atoms with Crippen LogP contribution in [0.15, 0.2) is 48.5 Å². The van der Waals surface area contributed by atoms with Crippen molar-refractivity contribution in [2.75, 3.05) is 41.3 Å². The van der Waals surface area contributed by atoms with Crippen molar-refractivity contribution >= 4 is 23.0 Å². The second-order valence-corrected chi connectivity index (χ2v) is 6.74. The molecular formula is C20H22FN3O. The van der Waals surface area contributed by atoms with Crippen molar-refractivity contribution in [1.82, 2.24) is 0 Å². The van der Waals surface area contributed by atoms with Gasteiger partial charge in [0.05, 0.1) is 5.69 Å². The molecule has 1 saturated heterocycles. The van der Waals surface area contributed by atoms with Crippen LogP contribution in [-0.4, -0.2) is 32.1 Å². The number of nitrogens with zero attached hydrogens (tertiary/aromatic N) is 2. The Morgan fingerprint density at radius 3 is 2.20 bits per heavy atom. The number of amides is 1.